The Hall–Kier alpha value is -3.61. The molecule has 0 aliphatic carbocycles. The second-order valence-corrected chi connectivity index (χ2v) is 5.46. The zero-order valence-electron chi connectivity index (χ0n) is 14.5. The van der Waals surface area contributed by atoms with Crippen LogP contribution in [0.2, 0.25) is 0 Å². The van der Waals surface area contributed by atoms with E-state index in [1.165, 1.54) is 6.08 Å². The molecule has 2 aromatic carbocycles. The molecule has 27 heavy (non-hydrogen) atoms. The number of carbonyl (C=O) groups is 2. The van der Waals surface area contributed by atoms with Crippen molar-refractivity contribution in [1.29, 1.82) is 0 Å². The van der Waals surface area contributed by atoms with Crippen molar-refractivity contribution in [3.8, 4) is 11.5 Å². The number of carbonyl (C=O) groups excluding carboxylic acids is 2. The number of para-hydroxylation sites is 2. The number of rotatable bonds is 7. The third kappa shape index (κ3) is 4.33. The van der Waals surface area contributed by atoms with E-state index in [0.29, 0.717) is 29.2 Å². The Morgan fingerprint density at radius 1 is 1.11 bits per heavy atom. The van der Waals surface area contributed by atoms with Gasteiger partial charge in [0, 0.05) is 5.56 Å². The van der Waals surface area contributed by atoms with Crippen molar-refractivity contribution >= 4 is 23.9 Å². The van der Waals surface area contributed by atoms with E-state index in [4.69, 9.17) is 14.2 Å². The predicted molar refractivity (Wildman–Crippen MR) is 95.2 cm³/mol. The normalized spacial score (nSPS) is 14.6. The molecule has 7 heteroatoms. The lowest BCUT2D eigenvalue weighted by Crippen LogP contribution is -2.29. The molecular formula is C20H16NO6-. The van der Waals surface area contributed by atoms with Crippen LogP contribution in [0.1, 0.15) is 18.1 Å². The van der Waals surface area contributed by atoms with Gasteiger partial charge in [0.15, 0.2) is 5.70 Å². The van der Waals surface area contributed by atoms with E-state index in [-0.39, 0.29) is 11.6 Å². The number of hydrogen-bond donors (Lipinski definition) is 0. The summed E-state index contributed by atoms with van der Waals surface area (Å²) in [5.74, 6) is -0.967. The first-order valence-electron chi connectivity index (χ1n) is 8.25. The fourth-order valence-electron chi connectivity index (χ4n) is 2.46. The number of hydrogen-bond acceptors (Lipinski definition) is 7. The van der Waals surface area contributed by atoms with Gasteiger partial charge in [-0.15, -0.1) is 0 Å². The number of ether oxygens (including phenoxy) is 3. The molecule has 0 aromatic heterocycles. The maximum absolute atomic E-state index is 12.2. The molecule has 0 spiro atoms. The number of benzene rings is 2. The number of cyclic esters (lactones) is 1. The first kappa shape index (κ1) is 18.2. The molecule has 0 bridgehead atoms. The first-order valence-corrected chi connectivity index (χ1v) is 8.25. The molecule has 0 fully saturated rings. The van der Waals surface area contributed by atoms with Gasteiger partial charge < -0.3 is 24.1 Å². The Balaban J connectivity index is 1.92. The number of esters is 1. The van der Waals surface area contributed by atoms with Crippen molar-refractivity contribution in [2.45, 2.75) is 6.92 Å². The van der Waals surface area contributed by atoms with E-state index in [1.807, 2.05) is 13.0 Å². The van der Waals surface area contributed by atoms with Crippen LogP contribution in [0.3, 0.4) is 0 Å². The Morgan fingerprint density at radius 2 is 1.81 bits per heavy atom. The molecule has 0 saturated heterocycles. The van der Waals surface area contributed by atoms with Gasteiger partial charge in [-0.1, -0.05) is 30.3 Å². The molecule has 0 saturated carbocycles. The van der Waals surface area contributed by atoms with Crippen LogP contribution in [0, 0.1) is 0 Å². The van der Waals surface area contributed by atoms with E-state index < -0.39 is 18.5 Å². The Labute approximate surface area is 155 Å². The second kappa shape index (κ2) is 8.18. The zero-order valence-corrected chi connectivity index (χ0v) is 14.5. The van der Waals surface area contributed by atoms with Gasteiger partial charge in [-0.05, 0) is 31.2 Å². The summed E-state index contributed by atoms with van der Waals surface area (Å²) < 4.78 is 16.0. The summed E-state index contributed by atoms with van der Waals surface area (Å²) in [6, 6.07) is 13.8. The Bertz CT molecular complexity index is 932. The minimum absolute atomic E-state index is 0.0702. The number of carboxylic acid groups (broad SMARTS) is 1. The Morgan fingerprint density at radius 3 is 2.56 bits per heavy atom. The maximum atomic E-state index is 12.2. The summed E-state index contributed by atoms with van der Waals surface area (Å²) in [5, 5.41) is 10.6. The maximum Gasteiger partial charge on any atom is 0.363 e. The average Bonchev–Trinajstić information content (AvgIpc) is 3.02. The van der Waals surface area contributed by atoms with Crippen LogP contribution >= 0.6 is 0 Å². The molecule has 1 aliphatic heterocycles. The summed E-state index contributed by atoms with van der Waals surface area (Å²) >= 11 is 0. The number of carboxylic acids is 1. The highest BCUT2D eigenvalue weighted by Crippen LogP contribution is 2.27. The van der Waals surface area contributed by atoms with Crippen molar-refractivity contribution in [1.82, 2.24) is 0 Å². The lowest BCUT2D eigenvalue weighted by atomic mass is 10.1. The quantitative estimate of drug-likeness (QED) is 0.545. The van der Waals surface area contributed by atoms with E-state index >= 15 is 0 Å². The van der Waals surface area contributed by atoms with Gasteiger partial charge in [-0.3, -0.25) is 0 Å². The van der Waals surface area contributed by atoms with Crippen LogP contribution in [0.4, 0.5) is 0 Å². The fraction of sp³-hybridized carbons (Fsp3) is 0.150. The topological polar surface area (TPSA) is 97.3 Å². The first-order chi connectivity index (χ1) is 13.1. The van der Waals surface area contributed by atoms with Gasteiger partial charge in [0.1, 0.15) is 18.1 Å². The minimum atomic E-state index is -1.34. The largest absolute Gasteiger partial charge is 0.546 e. The van der Waals surface area contributed by atoms with Gasteiger partial charge in [-0.25, -0.2) is 9.79 Å². The molecule has 1 heterocycles. The zero-order chi connectivity index (χ0) is 19.2. The number of nitrogens with zero attached hydrogens (tertiary/aromatic N) is 1. The third-order valence-corrected chi connectivity index (χ3v) is 3.59. The molecule has 138 valence electrons. The van der Waals surface area contributed by atoms with Crippen molar-refractivity contribution < 1.29 is 28.9 Å². The van der Waals surface area contributed by atoms with Gasteiger partial charge in [0.25, 0.3) is 0 Å². The summed E-state index contributed by atoms with van der Waals surface area (Å²) in [6.45, 7) is 1.72. The molecule has 2 aromatic rings. The lowest BCUT2D eigenvalue weighted by molar-refractivity contribution is -0.307. The van der Waals surface area contributed by atoms with E-state index in [0.717, 1.165) is 0 Å². The van der Waals surface area contributed by atoms with Gasteiger partial charge in [0.05, 0.1) is 18.1 Å². The summed E-state index contributed by atoms with van der Waals surface area (Å²) in [5.41, 5.74) is 1.13. The van der Waals surface area contributed by atoms with Gasteiger partial charge >= 0.3 is 5.97 Å². The van der Waals surface area contributed by atoms with Crippen LogP contribution in [0.5, 0.6) is 11.5 Å². The van der Waals surface area contributed by atoms with Gasteiger partial charge in [-0.2, -0.15) is 0 Å². The summed E-state index contributed by atoms with van der Waals surface area (Å²) in [4.78, 5) is 27.1. The molecule has 0 N–H and O–H groups in total. The second-order valence-electron chi connectivity index (χ2n) is 5.46. The van der Waals surface area contributed by atoms with Gasteiger partial charge in [0.2, 0.25) is 5.90 Å². The van der Waals surface area contributed by atoms with Crippen molar-refractivity contribution in [2.24, 2.45) is 4.99 Å². The third-order valence-electron chi connectivity index (χ3n) is 3.59. The molecule has 3 rings (SSSR count). The van der Waals surface area contributed by atoms with Crippen molar-refractivity contribution in [3.63, 3.8) is 0 Å². The monoisotopic (exact) mass is 366 g/mol. The average molecular weight is 366 g/mol. The van der Waals surface area contributed by atoms with Crippen LogP contribution in [-0.4, -0.2) is 31.1 Å². The van der Waals surface area contributed by atoms with Crippen LogP contribution < -0.4 is 14.6 Å². The molecule has 0 unspecified atom stereocenters. The molecule has 0 amide bonds. The van der Waals surface area contributed by atoms with Crippen LogP contribution in [-0.2, 0) is 14.3 Å². The molecule has 0 radical (unpaired) electrons. The standard InChI is InChI=1S/C20H17NO6/c1-2-25-17-10-6-4-8-14(17)19-21-15(20(24)27-19)11-13-7-3-5-9-16(13)26-12-18(22)23/h3-11H,2,12H2,1H3,(H,22,23)/p-1/b15-11-. The predicted octanol–water partition coefficient (Wildman–Crippen LogP) is 1.56. The van der Waals surface area contributed by atoms with Crippen molar-refractivity contribution in [3.05, 3.63) is 65.4 Å². The number of aliphatic carboxylic acids is 1. The fourth-order valence-corrected chi connectivity index (χ4v) is 2.46. The highest BCUT2D eigenvalue weighted by atomic mass is 16.6. The smallest absolute Gasteiger partial charge is 0.363 e. The number of aliphatic imine (C=N–C) groups is 1. The Kier molecular flexibility index (Phi) is 5.51. The minimum Gasteiger partial charge on any atom is -0.546 e. The van der Waals surface area contributed by atoms with Crippen LogP contribution in [0.15, 0.2) is 59.2 Å². The highest BCUT2D eigenvalue weighted by Gasteiger charge is 2.26. The summed E-state index contributed by atoms with van der Waals surface area (Å²) in [7, 11) is 0. The van der Waals surface area contributed by atoms with Crippen LogP contribution in [0.25, 0.3) is 6.08 Å². The van der Waals surface area contributed by atoms with E-state index in [9.17, 15) is 14.7 Å². The molecule has 7 nitrogen and oxygen atoms in total. The molecular weight excluding hydrogens is 350 g/mol. The molecule has 0 atom stereocenters. The van der Waals surface area contributed by atoms with E-state index in [2.05, 4.69) is 4.99 Å². The molecule has 1 aliphatic rings. The SMILES string of the molecule is CCOc1ccccc1C1=N/C(=C\c2ccccc2OCC(=O)[O-])C(=O)O1. The van der Waals surface area contributed by atoms with E-state index in [1.54, 1.807) is 42.5 Å². The lowest BCUT2D eigenvalue weighted by Gasteiger charge is -2.09. The highest BCUT2D eigenvalue weighted by molar-refractivity contribution is 6.13. The summed E-state index contributed by atoms with van der Waals surface area (Å²) in [6.07, 6.45) is 1.48. The van der Waals surface area contributed by atoms with Crippen molar-refractivity contribution in [2.75, 3.05) is 13.2 Å².